The smallest absolute Gasteiger partial charge is 0.265 e. The van der Waals surface area contributed by atoms with Crippen molar-refractivity contribution in [2.45, 2.75) is 33.3 Å². The van der Waals surface area contributed by atoms with Gasteiger partial charge in [0.1, 0.15) is 5.75 Å². The zero-order valence-corrected chi connectivity index (χ0v) is 11.1. The van der Waals surface area contributed by atoms with Crippen LogP contribution in [-0.4, -0.2) is 12.0 Å². The molecule has 0 fully saturated rings. The van der Waals surface area contributed by atoms with E-state index in [1.165, 1.54) is 0 Å². The summed E-state index contributed by atoms with van der Waals surface area (Å²) in [7, 11) is 0. The van der Waals surface area contributed by atoms with Crippen molar-refractivity contribution in [1.82, 2.24) is 0 Å². The normalized spacial score (nSPS) is 18.8. The largest absolute Gasteiger partial charge is 0.478 e. The molecule has 0 saturated heterocycles. The van der Waals surface area contributed by atoms with Crippen molar-refractivity contribution < 1.29 is 9.53 Å². The Balaban J connectivity index is 2.51. The fourth-order valence-corrected chi connectivity index (χ4v) is 2.16. The van der Waals surface area contributed by atoms with E-state index in [1.807, 2.05) is 26.8 Å². The number of carbonyl (C=O) groups is 1. The monoisotopic (exact) mass is 283 g/mol. The highest BCUT2D eigenvalue weighted by atomic mass is 79.9. The molecule has 1 N–H and O–H groups in total. The van der Waals surface area contributed by atoms with Crippen LogP contribution in [0.15, 0.2) is 10.5 Å². The van der Waals surface area contributed by atoms with E-state index in [0.717, 1.165) is 27.0 Å². The maximum absolute atomic E-state index is 11.7. The summed E-state index contributed by atoms with van der Waals surface area (Å²) in [5.74, 6) is 0.707. The third-order valence-electron chi connectivity index (χ3n) is 2.83. The minimum Gasteiger partial charge on any atom is -0.478 e. The van der Waals surface area contributed by atoms with Gasteiger partial charge in [-0.2, -0.15) is 0 Å². The number of anilines is 1. The highest BCUT2D eigenvalue weighted by molar-refractivity contribution is 9.10. The lowest BCUT2D eigenvalue weighted by molar-refractivity contribution is -0.123. The average molecular weight is 284 g/mol. The Hall–Kier alpha value is -1.03. The Morgan fingerprint density at radius 1 is 1.50 bits per heavy atom. The Labute approximate surface area is 103 Å². The van der Waals surface area contributed by atoms with Gasteiger partial charge in [0.05, 0.1) is 5.69 Å². The van der Waals surface area contributed by atoms with Gasteiger partial charge in [-0.3, -0.25) is 4.79 Å². The van der Waals surface area contributed by atoms with Crippen LogP contribution in [0, 0.1) is 13.8 Å². The van der Waals surface area contributed by atoms with Gasteiger partial charge in [-0.05, 0) is 37.5 Å². The minimum absolute atomic E-state index is 0.0612. The van der Waals surface area contributed by atoms with Crippen molar-refractivity contribution in [3.8, 4) is 5.75 Å². The molecule has 0 spiro atoms. The Bertz CT molecular complexity index is 457. The van der Waals surface area contributed by atoms with Gasteiger partial charge in [0.2, 0.25) is 0 Å². The van der Waals surface area contributed by atoms with Gasteiger partial charge >= 0.3 is 0 Å². The number of hydrogen-bond acceptors (Lipinski definition) is 2. The van der Waals surface area contributed by atoms with Crippen molar-refractivity contribution in [1.29, 1.82) is 0 Å². The van der Waals surface area contributed by atoms with E-state index in [4.69, 9.17) is 4.74 Å². The second kappa shape index (κ2) is 4.09. The van der Waals surface area contributed by atoms with Crippen LogP contribution in [0.2, 0.25) is 0 Å². The summed E-state index contributed by atoms with van der Waals surface area (Å²) in [6.07, 6.45) is 0.312. The van der Waals surface area contributed by atoms with Gasteiger partial charge in [-0.25, -0.2) is 0 Å². The first-order chi connectivity index (χ1) is 7.54. The molecule has 0 radical (unpaired) electrons. The molecule has 0 bridgehead atoms. The number of hydrogen-bond donors (Lipinski definition) is 1. The fourth-order valence-electron chi connectivity index (χ4n) is 1.85. The molecule has 1 heterocycles. The maximum atomic E-state index is 11.7. The zero-order valence-electron chi connectivity index (χ0n) is 9.56. The van der Waals surface area contributed by atoms with Gasteiger partial charge < -0.3 is 10.1 Å². The zero-order chi connectivity index (χ0) is 11.9. The summed E-state index contributed by atoms with van der Waals surface area (Å²) in [6, 6.07) is 1.95. The van der Waals surface area contributed by atoms with Crippen LogP contribution >= 0.6 is 15.9 Å². The third kappa shape index (κ3) is 1.71. The number of ether oxygens (including phenoxy) is 1. The standard InChI is InChI=1S/C12H14BrNO2/c1-4-8-12(15)14-11-7(3)10(13)6(2)5-9(11)16-8/h5,8H,4H2,1-3H3,(H,14,15). The van der Waals surface area contributed by atoms with Gasteiger partial charge in [0, 0.05) is 4.47 Å². The highest BCUT2D eigenvalue weighted by Gasteiger charge is 2.28. The molecule has 86 valence electrons. The van der Waals surface area contributed by atoms with Gasteiger partial charge in [0.25, 0.3) is 5.91 Å². The number of carbonyl (C=O) groups excluding carboxylic acids is 1. The summed E-state index contributed by atoms with van der Waals surface area (Å²) in [6.45, 7) is 5.91. The SMILES string of the molecule is CCC1Oc2cc(C)c(Br)c(C)c2NC1=O. The lowest BCUT2D eigenvalue weighted by Crippen LogP contribution is -2.36. The molecule has 16 heavy (non-hydrogen) atoms. The molecule has 0 aromatic heterocycles. The maximum Gasteiger partial charge on any atom is 0.265 e. The topological polar surface area (TPSA) is 38.3 Å². The predicted octanol–water partition coefficient (Wildman–Crippen LogP) is 3.18. The number of rotatable bonds is 1. The van der Waals surface area contributed by atoms with Gasteiger partial charge in [-0.15, -0.1) is 0 Å². The molecular formula is C12H14BrNO2. The molecule has 1 atom stereocenters. The summed E-state index contributed by atoms with van der Waals surface area (Å²) < 4.78 is 6.70. The molecule has 1 unspecified atom stereocenters. The van der Waals surface area contributed by atoms with Crippen LogP contribution in [0.25, 0.3) is 0 Å². The number of amides is 1. The molecule has 1 aromatic carbocycles. The molecule has 4 heteroatoms. The van der Waals surface area contributed by atoms with Crippen LogP contribution in [0.1, 0.15) is 24.5 Å². The van der Waals surface area contributed by atoms with Crippen molar-refractivity contribution in [3.63, 3.8) is 0 Å². The van der Waals surface area contributed by atoms with Crippen molar-refractivity contribution in [2.75, 3.05) is 5.32 Å². The van der Waals surface area contributed by atoms with Crippen LogP contribution < -0.4 is 10.1 Å². The van der Waals surface area contributed by atoms with E-state index in [0.29, 0.717) is 6.42 Å². The first-order valence-corrected chi connectivity index (χ1v) is 6.11. The van der Waals surface area contributed by atoms with Crippen LogP contribution in [-0.2, 0) is 4.79 Å². The Morgan fingerprint density at radius 3 is 2.81 bits per heavy atom. The summed E-state index contributed by atoms with van der Waals surface area (Å²) >= 11 is 3.50. The molecule has 1 aliphatic rings. The number of benzene rings is 1. The van der Waals surface area contributed by atoms with E-state index >= 15 is 0 Å². The molecule has 2 rings (SSSR count). The summed E-state index contributed by atoms with van der Waals surface area (Å²) in [5.41, 5.74) is 2.91. The molecule has 3 nitrogen and oxygen atoms in total. The number of nitrogens with one attached hydrogen (secondary N) is 1. The van der Waals surface area contributed by atoms with Crippen molar-refractivity contribution in [2.24, 2.45) is 0 Å². The molecule has 1 amide bonds. The lowest BCUT2D eigenvalue weighted by Gasteiger charge is -2.27. The Morgan fingerprint density at radius 2 is 2.19 bits per heavy atom. The highest BCUT2D eigenvalue weighted by Crippen LogP contribution is 2.39. The molecule has 0 saturated carbocycles. The number of fused-ring (bicyclic) bond motifs is 1. The number of halogens is 1. The van der Waals surface area contributed by atoms with Crippen LogP contribution in [0.3, 0.4) is 0 Å². The first-order valence-electron chi connectivity index (χ1n) is 5.31. The van der Waals surface area contributed by atoms with E-state index in [2.05, 4.69) is 21.2 Å². The van der Waals surface area contributed by atoms with Gasteiger partial charge in [-0.1, -0.05) is 22.9 Å². The summed E-state index contributed by atoms with van der Waals surface area (Å²) in [4.78, 5) is 11.7. The molecular weight excluding hydrogens is 270 g/mol. The second-order valence-electron chi connectivity index (χ2n) is 4.01. The quantitative estimate of drug-likeness (QED) is 0.860. The molecule has 1 aliphatic heterocycles. The fraction of sp³-hybridized carbons (Fsp3) is 0.417. The second-order valence-corrected chi connectivity index (χ2v) is 4.80. The summed E-state index contributed by atoms with van der Waals surface area (Å²) in [5, 5.41) is 2.90. The van der Waals surface area contributed by atoms with E-state index < -0.39 is 0 Å². The lowest BCUT2D eigenvalue weighted by atomic mass is 10.1. The van der Waals surface area contributed by atoms with Crippen LogP contribution in [0.5, 0.6) is 5.75 Å². The van der Waals surface area contributed by atoms with E-state index in [9.17, 15) is 4.79 Å². The van der Waals surface area contributed by atoms with Crippen molar-refractivity contribution in [3.05, 3.63) is 21.7 Å². The van der Waals surface area contributed by atoms with Crippen LogP contribution in [0.4, 0.5) is 5.69 Å². The Kier molecular flexibility index (Phi) is 2.93. The first kappa shape index (κ1) is 11.5. The number of aryl methyl sites for hydroxylation is 1. The molecule has 1 aromatic rings. The van der Waals surface area contributed by atoms with E-state index in [1.54, 1.807) is 0 Å². The van der Waals surface area contributed by atoms with Gasteiger partial charge in [0.15, 0.2) is 6.10 Å². The molecule has 0 aliphatic carbocycles. The third-order valence-corrected chi connectivity index (χ3v) is 4.05. The van der Waals surface area contributed by atoms with E-state index in [-0.39, 0.29) is 12.0 Å². The minimum atomic E-state index is -0.368. The van der Waals surface area contributed by atoms with Crippen molar-refractivity contribution >= 4 is 27.5 Å². The average Bonchev–Trinajstić information content (AvgIpc) is 2.27. The predicted molar refractivity (Wildman–Crippen MR) is 67.0 cm³/mol.